The Hall–Kier alpha value is -2.76. The van der Waals surface area contributed by atoms with Crippen molar-refractivity contribution in [3.8, 4) is 11.5 Å². The summed E-state index contributed by atoms with van der Waals surface area (Å²) >= 11 is 0. The van der Waals surface area contributed by atoms with Crippen LogP contribution >= 0.6 is 0 Å². The van der Waals surface area contributed by atoms with Gasteiger partial charge in [-0.25, -0.2) is 0 Å². The van der Waals surface area contributed by atoms with Crippen molar-refractivity contribution < 1.29 is 14.3 Å². The van der Waals surface area contributed by atoms with Gasteiger partial charge in [-0.1, -0.05) is 13.8 Å². The van der Waals surface area contributed by atoms with Gasteiger partial charge in [-0.05, 0) is 30.5 Å². The Kier molecular flexibility index (Phi) is 5.38. The number of aromatic nitrogens is 1. The molecule has 2 aromatic rings. The maximum atomic E-state index is 12.5. The normalized spacial score (nSPS) is 12.8. The molecule has 25 heavy (non-hydrogen) atoms. The molecule has 0 bridgehead atoms. The number of hydrogen-bond donors (Lipinski definition) is 2. The van der Waals surface area contributed by atoms with Crippen LogP contribution in [0.5, 0.6) is 11.5 Å². The summed E-state index contributed by atoms with van der Waals surface area (Å²) in [5, 5.41) is 6.16. The highest BCUT2D eigenvalue weighted by atomic mass is 16.6. The van der Waals surface area contributed by atoms with E-state index in [0.29, 0.717) is 41.9 Å². The number of nitrogens with zero attached hydrogens (tertiary/aromatic N) is 1. The Morgan fingerprint density at radius 2 is 1.92 bits per heavy atom. The van der Waals surface area contributed by atoms with E-state index in [1.165, 1.54) is 0 Å². The van der Waals surface area contributed by atoms with Gasteiger partial charge in [0.25, 0.3) is 5.91 Å². The predicted octanol–water partition coefficient (Wildman–Crippen LogP) is 3.56. The zero-order valence-corrected chi connectivity index (χ0v) is 14.5. The van der Waals surface area contributed by atoms with Crippen LogP contribution < -0.4 is 20.1 Å². The van der Waals surface area contributed by atoms with Crippen LogP contribution in [0.25, 0.3) is 0 Å². The van der Waals surface area contributed by atoms with Crippen LogP contribution in [0.3, 0.4) is 0 Å². The van der Waals surface area contributed by atoms with E-state index in [9.17, 15) is 4.79 Å². The SMILES string of the molecule is CC(C)CCNc1cncc(C(=O)Nc2ccc3c(c2)OCCO3)c1. The Morgan fingerprint density at radius 1 is 1.12 bits per heavy atom. The topological polar surface area (TPSA) is 72.5 Å². The highest BCUT2D eigenvalue weighted by Gasteiger charge is 2.14. The molecule has 1 aromatic heterocycles. The number of ether oxygens (including phenoxy) is 2. The molecule has 0 unspecified atom stereocenters. The zero-order chi connectivity index (χ0) is 17.6. The molecule has 1 aliphatic heterocycles. The number of nitrogens with one attached hydrogen (secondary N) is 2. The fraction of sp³-hybridized carbons (Fsp3) is 0.368. The van der Waals surface area contributed by atoms with Crippen molar-refractivity contribution in [3.05, 3.63) is 42.2 Å². The Labute approximate surface area is 147 Å². The molecule has 1 aromatic carbocycles. The minimum atomic E-state index is -0.211. The maximum Gasteiger partial charge on any atom is 0.257 e. The van der Waals surface area contributed by atoms with Crippen LogP contribution in [0.2, 0.25) is 0 Å². The van der Waals surface area contributed by atoms with Gasteiger partial charge < -0.3 is 20.1 Å². The number of carbonyl (C=O) groups is 1. The molecule has 0 saturated heterocycles. The van der Waals surface area contributed by atoms with Crippen molar-refractivity contribution >= 4 is 17.3 Å². The number of pyridine rings is 1. The molecule has 0 fully saturated rings. The van der Waals surface area contributed by atoms with E-state index in [0.717, 1.165) is 18.7 Å². The summed E-state index contributed by atoms with van der Waals surface area (Å²) in [6.07, 6.45) is 4.34. The van der Waals surface area contributed by atoms with Crippen molar-refractivity contribution in [1.29, 1.82) is 0 Å². The number of rotatable bonds is 6. The van der Waals surface area contributed by atoms with Crippen LogP contribution in [0.15, 0.2) is 36.7 Å². The Morgan fingerprint density at radius 3 is 2.72 bits per heavy atom. The fourth-order valence-corrected chi connectivity index (χ4v) is 2.49. The second-order valence-electron chi connectivity index (χ2n) is 6.38. The number of hydrogen-bond acceptors (Lipinski definition) is 5. The van der Waals surface area contributed by atoms with Crippen LogP contribution in [-0.2, 0) is 0 Å². The molecule has 0 saturated carbocycles. The van der Waals surface area contributed by atoms with Gasteiger partial charge in [-0.2, -0.15) is 0 Å². The van der Waals surface area contributed by atoms with Gasteiger partial charge in [0.1, 0.15) is 13.2 Å². The highest BCUT2D eigenvalue weighted by molar-refractivity contribution is 6.04. The lowest BCUT2D eigenvalue weighted by molar-refractivity contribution is 0.102. The average Bonchev–Trinajstić information content (AvgIpc) is 2.61. The third kappa shape index (κ3) is 4.62. The first-order valence-electron chi connectivity index (χ1n) is 8.52. The highest BCUT2D eigenvalue weighted by Crippen LogP contribution is 2.32. The zero-order valence-electron chi connectivity index (χ0n) is 14.5. The number of anilines is 2. The number of amides is 1. The summed E-state index contributed by atoms with van der Waals surface area (Å²) in [4.78, 5) is 16.6. The van der Waals surface area contributed by atoms with Gasteiger partial charge in [-0.3, -0.25) is 9.78 Å². The molecule has 2 N–H and O–H groups in total. The molecule has 1 amide bonds. The molecule has 0 spiro atoms. The van der Waals surface area contributed by atoms with Gasteiger partial charge >= 0.3 is 0 Å². The standard InChI is InChI=1S/C19H23N3O3/c1-13(2)5-6-21-16-9-14(11-20-12-16)19(23)22-15-3-4-17-18(10-15)25-8-7-24-17/h3-4,9-13,21H,5-8H2,1-2H3,(H,22,23). The van der Waals surface area contributed by atoms with Crippen molar-refractivity contribution in [2.45, 2.75) is 20.3 Å². The molecule has 6 nitrogen and oxygen atoms in total. The van der Waals surface area contributed by atoms with Crippen molar-refractivity contribution in [3.63, 3.8) is 0 Å². The van der Waals surface area contributed by atoms with E-state index >= 15 is 0 Å². The van der Waals surface area contributed by atoms with Crippen molar-refractivity contribution in [1.82, 2.24) is 4.98 Å². The molecule has 2 heterocycles. The maximum absolute atomic E-state index is 12.5. The molecule has 1 aliphatic rings. The first-order chi connectivity index (χ1) is 12.1. The van der Waals surface area contributed by atoms with Gasteiger partial charge in [-0.15, -0.1) is 0 Å². The van der Waals surface area contributed by atoms with Gasteiger partial charge in [0, 0.05) is 30.7 Å². The summed E-state index contributed by atoms with van der Waals surface area (Å²) in [6.45, 7) is 6.26. The van der Waals surface area contributed by atoms with E-state index in [-0.39, 0.29) is 5.91 Å². The van der Waals surface area contributed by atoms with Crippen molar-refractivity contribution in [2.75, 3.05) is 30.4 Å². The van der Waals surface area contributed by atoms with E-state index in [1.54, 1.807) is 36.7 Å². The van der Waals surface area contributed by atoms with E-state index in [4.69, 9.17) is 9.47 Å². The predicted molar refractivity (Wildman–Crippen MR) is 97.6 cm³/mol. The third-order valence-electron chi connectivity index (χ3n) is 3.85. The molecule has 3 rings (SSSR count). The Balaban J connectivity index is 1.65. The van der Waals surface area contributed by atoms with E-state index in [2.05, 4.69) is 29.5 Å². The molecule has 0 atom stereocenters. The minimum Gasteiger partial charge on any atom is -0.486 e. The van der Waals surface area contributed by atoms with Gasteiger partial charge in [0.05, 0.1) is 11.3 Å². The summed E-state index contributed by atoms with van der Waals surface area (Å²) < 4.78 is 11.0. The molecule has 132 valence electrons. The lowest BCUT2D eigenvalue weighted by Crippen LogP contribution is -2.16. The number of benzene rings is 1. The Bertz CT molecular complexity index is 746. The molecule has 6 heteroatoms. The minimum absolute atomic E-state index is 0.211. The van der Waals surface area contributed by atoms with Crippen LogP contribution in [-0.4, -0.2) is 30.6 Å². The summed E-state index contributed by atoms with van der Waals surface area (Å²) in [5.41, 5.74) is 2.01. The largest absolute Gasteiger partial charge is 0.486 e. The lowest BCUT2D eigenvalue weighted by atomic mass is 10.1. The summed E-state index contributed by atoms with van der Waals surface area (Å²) in [5.74, 6) is 1.76. The third-order valence-corrected chi connectivity index (χ3v) is 3.85. The van der Waals surface area contributed by atoms with E-state index < -0.39 is 0 Å². The molecule has 0 aliphatic carbocycles. The van der Waals surface area contributed by atoms with Gasteiger partial charge in [0.15, 0.2) is 11.5 Å². The molecular formula is C19H23N3O3. The lowest BCUT2D eigenvalue weighted by Gasteiger charge is -2.19. The van der Waals surface area contributed by atoms with Crippen LogP contribution in [0.4, 0.5) is 11.4 Å². The number of carbonyl (C=O) groups excluding carboxylic acids is 1. The second-order valence-corrected chi connectivity index (χ2v) is 6.38. The smallest absolute Gasteiger partial charge is 0.257 e. The molecule has 0 radical (unpaired) electrons. The second kappa shape index (κ2) is 7.88. The summed E-state index contributed by atoms with van der Waals surface area (Å²) in [7, 11) is 0. The summed E-state index contributed by atoms with van der Waals surface area (Å²) in [6, 6.07) is 7.17. The monoisotopic (exact) mass is 341 g/mol. The van der Waals surface area contributed by atoms with Crippen molar-refractivity contribution in [2.24, 2.45) is 5.92 Å². The molecular weight excluding hydrogens is 318 g/mol. The van der Waals surface area contributed by atoms with Crippen LogP contribution in [0.1, 0.15) is 30.6 Å². The average molecular weight is 341 g/mol. The van der Waals surface area contributed by atoms with Gasteiger partial charge in [0.2, 0.25) is 0 Å². The first-order valence-corrected chi connectivity index (χ1v) is 8.52. The first kappa shape index (κ1) is 17.1. The van der Waals surface area contributed by atoms with Crippen LogP contribution in [0, 0.1) is 5.92 Å². The van der Waals surface area contributed by atoms with E-state index in [1.807, 2.05) is 0 Å². The quantitative estimate of drug-likeness (QED) is 0.840. The number of fused-ring (bicyclic) bond motifs is 1. The fourth-order valence-electron chi connectivity index (χ4n) is 2.49.